The van der Waals surface area contributed by atoms with Gasteiger partial charge in [-0.05, 0) is 35.7 Å². The average Bonchev–Trinajstić information content (AvgIpc) is 2.68. The molecule has 0 spiro atoms. The van der Waals surface area contributed by atoms with Gasteiger partial charge in [-0.1, -0.05) is 30.3 Å². The smallest absolute Gasteiger partial charge is 0.225 e. The first-order valence-corrected chi connectivity index (χ1v) is 9.13. The maximum absolute atomic E-state index is 12.8. The van der Waals surface area contributed by atoms with Crippen LogP contribution in [0, 0.1) is 6.92 Å². The summed E-state index contributed by atoms with van der Waals surface area (Å²) in [4.78, 5) is 26.1. The molecule has 0 aliphatic rings. The second-order valence-electron chi connectivity index (χ2n) is 6.75. The van der Waals surface area contributed by atoms with Crippen molar-refractivity contribution < 1.29 is 19.1 Å². The van der Waals surface area contributed by atoms with E-state index in [1.165, 1.54) is 6.92 Å². The molecule has 0 radical (unpaired) electrons. The highest BCUT2D eigenvalue weighted by atomic mass is 16.5. The van der Waals surface area contributed by atoms with Crippen LogP contribution in [0.5, 0.6) is 11.5 Å². The van der Waals surface area contributed by atoms with Crippen LogP contribution in [0.4, 0.5) is 0 Å². The van der Waals surface area contributed by atoms with Gasteiger partial charge in [0.25, 0.3) is 0 Å². The second kappa shape index (κ2) is 9.78. The van der Waals surface area contributed by atoms with Gasteiger partial charge in [0.2, 0.25) is 11.8 Å². The van der Waals surface area contributed by atoms with Crippen molar-refractivity contribution in [3.63, 3.8) is 0 Å². The lowest BCUT2D eigenvalue weighted by atomic mass is 10.0. The number of carbonyl (C=O) groups excluding carboxylic acids is 2. The Labute approximate surface area is 166 Å². The lowest BCUT2D eigenvalue weighted by Crippen LogP contribution is -2.33. The molecule has 2 aromatic rings. The molecule has 0 aliphatic carbocycles. The molecule has 0 aliphatic heterocycles. The number of nitrogens with zero attached hydrogens (tertiary/aromatic N) is 1. The van der Waals surface area contributed by atoms with Crippen molar-refractivity contribution in [1.29, 1.82) is 0 Å². The van der Waals surface area contributed by atoms with E-state index in [0.717, 1.165) is 16.7 Å². The van der Waals surface area contributed by atoms with Crippen molar-refractivity contribution in [2.75, 3.05) is 21.3 Å². The third-order valence-electron chi connectivity index (χ3n) is 4.63. The second-order valence-corrected chi connectivity index (χ2v) is 6.75. The topological polar surface area (TPSA) is 67.9 Å². The minimum absolute atomic E-state index is 0.0585. The number of hydrogen-bond donors (Lipinski definition) is 1. The first-order chi connectivity index (χ1) is 13.3. The lowest BCUT2D eigenvalue weighted by Gasteiger charge is -2.23. The molecular formula is C22H28N2O4. The van der Waals surface area contributed by atoms with Crippen LogP contribution in [0.1, 0.15) is 36.1 Å². The van der Waals surface area contributed by atoms with E-state index < -0.39 is 0 Å². The van der Waals surface area contributed by atoms with E-state index in [-0.39, 0.29) is 24.3 Å². The van der Waals surface area contributed by atoms with Crippen LogP contribution in [0.3, 0.4) is 0 Å². The van der Waals surface area contributed by atoms with E-state index in [4.69, 9.17) is 9.47 Å². The van der Waals surface area contributed by atoms with Crippen LogP contribution in [0.2, 0.25) is 0 Å². The first-order valence-electron chi connectivity index (χ1n) is 9.13. The predicted octanol–water partition coefficient (Wildman–Crippen LogP) is 3.24. The standard InChI is InChI=1S/C22H28N2O4/c1-15-11-20(27-4)21(28-5)12-18(15)14-24(3)22(26)13-19(23-16(2)25)17-9-7-6-8-10-17/h6-12,19H,13-14H2,1-5H3,(H,23,25)/t19-/m1/s1. The van der Waals surface area contributed by atoms with Crippen LogP contribution < -0.4 is 14.8 Å². The van der Waals surface area contributed by atoms with Gasteiger partial charge in [0.05, 0.1) is 26.7 Å². The number of nitrogens with one attached hydrogen (secondary N) is 1. The Kier molecular flexibility index (Phi) is 7.44. The zero-order valence-electron chi connectivity index (χ0n) is 17.1. The summed E-state index contributed by atoms with van der Waals surface area (Å²) in [6.07, 6.45) is 0.187. The van der Waals surface area contributed by atoms with Gasteiger partial charge >= 0.3 is 0 Å². The van der Waals surface area contributed by atoms with E-state index in [0.29, 0.717) is 18.0 Å². The number of aryl methyl sites for hydroxylation is 1. The molecule has 2 aromatic carbocycles. The Hall–Kier alpha value is -3.02. The third kappa shape index (κ3) is 5.49. The van der Waals surface area contributed by atoms with Gasteiger partial charge in [-0.2, -0.15) is 0 Å². The largest absolute Gasteiger partial charge is 0.493 e. The minimum Gasteiger partial charge on any atom is -0.493 e. The third-order valence-corrected chi connectivity index (χ3v) is 4.63. The summed E-state index contributed by atoms with van der Waals surface area (Å²) in [5.41, 5.74) is 2.89. The zero-order valence-corrected chi connectivity index (χ0v) is 17.1. The molecule has 0 heterocycles. The van der Waals surface area contributed by atoms with Crippen molar-refractivity contribution in [2.45, 2.75) is 32.9 Å². The van der Waals surface area contributed by atoms with Gasteiger partial charge in [0, 0.05) is 20.5 Å². The van der Waals surface area contributed by atoms with Crippen molar-refractivity contribution in [3.05, 3.63) is 59.2 Å². The van der Waals surface area contributed by atoms with Gasteiger partial charge < -0.3 is 19.7 Å². The molecule has 0 bridgehead atoms. The van der Waals surface area contributed by atoms with Crippen molar-refractivity contribution in [2.24, 2.45) is 0 Å². The Bertz CT molecular complexity index is 821. The molecule has 1 N–H and O–H groups in total. The number of ether oxygens (including phenoxy) is 2. The maximum Gasteiger partial charge on any atom is 0.225 e. The van der Waals surface area contributed by atoms with Crippen LogP contribution >= 0.6 is 0 Å². The fourth-order valence-electron chi connectivity index (χ4n) is 3.05. The molecule has 0 saturated heterocycles. The number of hydrogen-bond acceptors (Lipinski definition) is 4. The molecule has 6 nitrogen and oxygen atoms in total. The predicted molar refractivity (Wildman–Crippen MR) is 108 cm³/mol. The van der Waals surface area contributed by atoms with Gasteiger partial charge in [-0.25, -0.2) is 0 Å². The Morgan fingerprint density at radius 2 is 1.68 bits per heavy atom. The van der Waals surface area contributed by atoms with E-state index in [2.05, 4.69) is 5.32 Å². The fourth-order valence-corrected chi connectivity index (χ4v) is 3.05. The molecule has 6 heteroatoms. The van der Waals surface area contributed by atoms with Crippen molar-refractivity contribution in [1.82, 2.24) is 10.2 Å². The normalized spacial score (nSPS) is 11.5. The van der Waals surface area contributed by atoms with E-state index in [1.54, 1.807) is 26.2 Å². The quantitative estimate of drug-likeness (QED) is 0.759. The van der Waals surface area contributed by atoms with E-state index in [9.17, 15) is 9.59 Å². The summed E-state index contributed by atoms with van der Waals surface area (Å²) in [7, 11) is 4.94. The molecule has 0 fully saturated rings. The van der Waals surface area contributed by atoms with Crippen molar-refractivity contribution in [3.8, 4) is 11.5 Å². The molecule has 1 atom stereocenters. The monoisotopic (exact) mass is 384 g/mol. The van der Waals surface area contributed by atoms with Crippen LogP contribution in [0.15, 0.2) is 42.5 Å². The molecule has 28 heavy (non-hydrogen) atoms. The van der Waals surface area contributed by atoms with Gasteiger partial charge in [-0.3, -0.25) is 9.59 Å². The lowest BCUT2D eigenvalue weighted by molar-refractivity contribution is -0.131. The molecule has 150 valence electrons. The highest BCUT2D eigenvalue weighted by molar-refractivity contribution is 5.79. The van der Waals surface area contributed by atoms with Crippen molar-refractivity contribution >= 4 is 11.8 Å². The SMILES string of the molecule is COc1cc(C)c(CN(C)C(=O)C[C@@H](NC(C)=O)c2ccccc2)cc1OC. The summed E-state index contributed by atoms with van der Waals surface area (Å²) >= 11 is 0. The highest BCUT2D eigenvalue weighted by Gasteiger charge is 2.20. The summed E-state index contributed by atoms with van der Waals surface area (Å²) in [6.45, 7) is 3.86. The number of carbonyl (C=O) groups is 2. The summed E-state index contributed by atoms with van der Waals surface area (Å²) < 4.78 is 10.7. The average molecular weight is 384 g/mol. The van der Waals surface area contributed by atoms with Crippen LogP contribution in [-0.2, 0) is 16.1 Å². The molecule has 0 unspecified atom stereocenters. The summed E-state index contributed by atoms with van der Waals surface area (Å²) in [6, 6.07) is 12.9. The number of amides is 2. The van der Waals surface area contributed by atoms with Crippen LogP contribution in [-0.4, -0.2) is 38.0 Å². The fraction of sp³-hybridized carbons (Fsp3) is 0.364. The molecule has 0 saturated carbocycles. The van der Waals surface area contributed by atoms with E-state index in [1.807, 2.05) is 49.4 Å². The molecule has 0 aromatic heterocycles. The van der Waals surface area contributed by atoms with E-state index >= 15 is 0 Å². The Morgan fingerprint density at radius 1 is 1.07 bits per heavy atom. The molecule has 2 rings (SSSR count). The van der Waals surface area contributed by atoms with Gasteiger partial charge in [-0.15, -0.1) is 0 Å². The maximum atomic E-state index is 12.8. The zero-order chi connectivity index (χ0) is 20.7. The number of rotatable bonds is 8. The van der Waals surface area contributed by atoms with Gasteiger partial charge in [0.1, 0.15) is 0 Å². The number of methoxy groups -OCH3 is 2. The van der Waals surface area contributed by atoms with Crippen LogP contribution in [0.25, 0.3) is 0 Å². The molecular weight excluding hydrogens is 356 g/mol. The van der Waals surface area contributed by atoms with Gasteiger partial charge in [0.15, 0.2) is 11.5 Å². The highest BCUT2D eigenvalue weighted by Crippen LogP contribution is 2.31. The first kappa shape index (κ1) is 21.3. The summed E-state index contributed by atoms with van der Waals surface area (Å²) in [5, 5.41) is 2.87. The number of benzene rings is 2. The minimum atomic E-state index is -0.361. The summed E-state index contributed by atoms with van der Waals surface area (Å²) in [5.74, 6) is 1.06. The molecule has 2 amide bonds. The Morgan fingerprint density at radius 3 is 2.25 bits per heavy atom. The Balaban J connectivity index is 2.14.